The van der Waals surface area contributed by atoms with Crippen molar-refractivity contribution in [2.45, 2.75) is 51.9 Å². The van der Waals surface area contributed by atoms with Crippen LogP contribution in [0.5, 0.6) is 5.88 Å². The number of hydrogen-bond acceptors (Lipinski definition) is 8. The molecular formula is C25H30N6O5. The Labute approximate surface area is 209 Å². The molecule has 11 heteroatoms. The number of carboxylic acids is 1. The fraction of sp³-hybridized carbons (Fsp3) is 0.440. The van der Waals surface area contributed by atoms with Gasteiger partial charge in [0.15, 0.2) is 0 Å². The lowest BCUT2D eigenvalue weighted by molar-refractivity contribution is -0.143. The van der Waals surface area contributed by atoms with Gasteiger partial charge in [-0.05, 0) is 38.2 Å². The predicted octanol–water partition coefficient (Wildman–Crippen LogP) is 3.37. The van der Waals surface area contributed by atoms with E-state index in [2.05, 4.69) is 20.3 Å². The number of hydrogen-bond donors (Lipinski definition) is 1. The summed E-state index contributed by atoms with van der Waals surface area (Å²) < 4.78 is 13.0. The van der Waals surface area contributed by atoms with E-state index in [4.69, 9.17) is 9.47 Å². The number of ether oxygens (including phenoxy) is 2. The molecule has 2 atom stereocenters. The van der Waals surface area contributed by atoms with Crippen LogP contribution < -0.4 is 4.74 Å². The van der Waals surface area contributed by atoms with Gasteiger partial charge in [0.2, 0.25) is 5.88 Å². The summed E-state index contributed by atoms with van der Waals surface area (Å²) >= 11 is 0. The molecular weight excluding hydrogens is 464 g/mol. The summed E-state index contributed by atoms with van der Waals surface area (Å²) in [6.45, 7) is 2.17. The number of aryl methyl sites for hydroxylation is 2. The second-order valence-electron chi connectivity index (χ2n) is 8.99. The van der Waals surface area contributed by atoms with Gasteiger partial charge in [-0.25, -0.2) is 19.4 Å². The van der Waals surface area contributed by atoms with E-state index in [-0.39, 0.29) is 12.7 Å². The topological polar surface area (TPSA) is 133 Å². The molecule has 11 nitrogen and oxygen atoms in total. The molecule has 3 aromatic rings. The Morgan fingerprint density at radius 3 is 2.72 bits per heavy atom. The van der Waals surface area contributed by atoms with Gasteiger partial charge in [0.1, 0.15) is 35.5 Å². The second-order valence-corrected chi connectivity index (χ2v) is 8.99. The molecule has 2 aromatic heterocycles. The lowest BCUT2D eigenvalue weighted by Crippen LogP contribution is -2.30. The third-order valence-corrected chi connectivity index (χ3v) is 6.25. The van der Waals surface area contributed by atoms with Gasteiger partial charge in [0.25, 0.3) is 0 Å². The van der Waals surface area contributed by atoms with E-state index in [9.17, 15) is 14.7 Å². The molecule has 1 amide bonds. The Bertz CT molecular complexity index is 1210. The lowest BCUT2D eigenvalue weighted by atomic mass is 9.87. The Kier molecular flexibility index (Phi) is 7.77. The first-order valence-electron chi connectivity index (χ1n) is 11.9. The summed E-state index contributed by atoms with van der Waals surface area (Å²) in [6.07, 6.45) is 3.57. The van der Waals surface area contributed by atoms with Gasteiger partial charge >= 0.3 is 12.1 Å². The molecule has 1 aromatic carbocycles. The molecule has 1 fully saturated rings. The average molecular weight is 495 g/mol. The first-order chi connectivity index (χ1) is 17.3. The van der Waals surface area contributed by atoms with E-state index >= 15 is 0 Å². The molecule has 0 radical (unpaired) electrons. The lowest BCUT2D eigenvalue weighted by Gasteiger charge is -2.27. The SMILES string of the molecule is Cc1nc(-c2nnn(C)c2COC(=O)N(C)Cc2ccccc2)cnc1O[C@H]1CCC[C@H](C(=O)O)C1. The first-order valence-corrected chi connectivity index (χ1v) is 11.9. The minimum absolute atomic E-state index is 0.0333. The summed E-state index contributed by atoms with van der Waals surface area (Å²) in [4.78, 5) is 34.4. The molecule has 0 unspecified atom stereocenters. The van der Waals surface area contributed by atoms with Crippen molar-refractivity contribution in [1.29, 1.82) is 0 Å². The van der Waals surface area contributed by atoms with Crippen molar-refractivity contribution >= 4 is 12.1 Å². The molecule has 0 bridgehead atoms. The molecule has 4 rings (SSSR count). The number of aromatic nitrogens is 5. The monoisotopic (exact) mass is 494 g/mol. The number of carbonyl (C=O) groups excluding carboxylic acids is 1. The molecule has 0 aliphatic heterocycles. The van der Waals surface area contributed by atoms with Gasteiger partial charge in [-0.2, -0.15) is 0 Å². The summed E-state index contributed by atoms with van der Waals surface area (Å²) in [5, 5.41) is 17.6. The number of benzene rings is 1. The zero-order chi connectivity index (χ0) is 25.7. The maximum absolute atomic E-state index is 12.5. The van der Waals surface area contributed by atoms with Crippen molar-refractivity contribution in [3.8, 4) is 17.3 Å². The molecule has 36 heavy (non-hydrogen) atoms. The first kappa shape index (κ1) is 25.1. The van der Waals surface area contributed by atoms with E-state index in [1.165, 1.54) is 15.8 Å². The summed E-state index contributed by atoms with van der Waals surface area (Å²) in [7, 11) is 3.39. The molecule has 1 saturated carbocycles. The van der Waals surface area contributed by atoms with Crippen LogP contribution in [0, 0.1) is 12.8 Å². The fourth-order valence-corrected chi connectivity index (χ4v) is 4.23. The Hall–Kier alpha value is -4.02. The smallest absolute Gasteiger partial charge is 0.410 e. The van der Waals surface area contributed by atoms with Crippen molar-refractivity contribution in [2.75, 3.05) is 7.05 Å². The fourth-order valence-electron chi connectivity index (χ4n) is 4.23. The van der Waals surface area contributed by atoms with E-state index in [0.717, 1.165) is 18.4 Å². The van der Waals surface area contributed by atoms with E-state index < -0.39 is 18.0 Å². The molecule has 1 aliphatic rings. The quantitative estimate of drug-likeness (QED) is 0.500. The number of carboxylic acid groups (broad SMARTS) is 1. The van der Waals surface area contributed by atoms with Crippen LogP contribution in [0.15, 0.2) is 36.5 Å². The van der Waals surface area contributed by atoms with Gasteiger partial charge in [-0.3, -0.25) is 4.79 Å². The van der Waals surface area contributed by atoms with Crippen LogP contribution in [-0.4, -0.2) is 60.2 Å². The third kappa shape index (κ3) is 5.96. The highest BCUT2D eigenvalue weighted by Gasteiger charge is 2.29. The van der Waals surface area contributed by atoms with Crippen molar-refractivity contribution in [1.82, 2.24) is 29.9 Å². The van der Waals surface area contributed by atoms with Crippen LogP contribution in [0.3, 0.4) is 0 Å². The Morgan fingerprint density at radius 1 is 1.22 bits per heavy atom. The molecule has 2 heterocycles. The zero-order valence-corrected chi connectivity index (χ0v) is 20.6. The number of rotatable bonds is 8. The maximum Gasteiger partial charge on any atom is 0.410 e. The van der Waals surface area contributed by atoms with Crippen LogP contribution in [0.1, 0.15) is 42.6 Å². The Balaban J connectivity index is 1.41. The highest BCUT2D eigenvalue weighted by molar-refractivity contribution is 5.70. The molecule has 190 valence electrons. The molecule has 1 aliphatic carbocycles. The maximum atomic E-state index is 12.5. The zero-order valence-electron chi connectivity index (χ0n) is 20.6. The van der Waals surface area contributed by atoms with Gasteiger partial charge < -0.3 is 19.5 Å². The minimum atomic E-state index is -0.788. The summed E-state index contributed by atoms with van der Waals surface area (Å²) in [6, 6.07) is 9.65. The van der Waals surface area contributed by atoms with Gasteiger partial charge in [0, 0.05) is 20.6 Å². The summed E-state index contributed by atoms with van der Waals surface area (Å²) in [5.74, 6) is -0.814. The van der Waals surface area contributed by atoms with Crippen molar-refractivity contribution in [2.24, 2.45) is 13.0 Å². The van der Waals surface area contributed by atoms with Crippen LogP contribution in [0.2, 0.25) is 0 Å². The second kappa shape index (κ2) is 11.1. The largest absolute Gasteiger partial charge is 0.481 e. The standard InChI is InChI=1S/C25H30N6O5/c1-16-23(36-19-11-7-10-18(12-19)24(32)33)26-13-20(27-16)22-21(31(3)29-28-22)15-35-25(34)30(2)14-17-8-5-4-6-9-17/h4-6,8-9,13,18-19H,7,10-12,14-15H2,1-3H3,(H,32,33)/t18-,19-/m0/s1. The Morgan fingerprint density at radius 2 is 2.00 bits per heavy atom. The predicted molar refractivity (Wildman–Crippen MR) is 129 cm³/mol. The normalized spacial score (nSPS) is 17.4. The number of amides is 1. The number of nitrogens with zero attached hydrogens (tertiary/aromatic N) is 6. The van der Waals surface area contributed by atoms with E-state index in [1.54, 1.807) is 21.0 Å². The van der Waals surface area contributed by atoms with Crippen LogP contribution >= 0.6 is 0 Å². The molecule has 0 spiro atoms. The minimum Gasteiger partial charge on any atom is -0.481 e. The highest BCUT2D eigenvalue weighted by atomic mass is 16.6. The number of carbonyl (C=O) groups is 2. The van der Waals surface area contributed by atoms with Gasteiger partial charge in [-0.1, -0.05) is 35.5 Å². The van der Waals surface area contributed by atoms with Crippen molar-refractivity contribution in [3.05, 3.63) is 53.5 Å². The summed E-state index contributed by atoms with van der Waals surface area (Å²) in [5.41, 5.74) is 3.07. The third-order valence-electron chi connectivity index (χ3n) is 6.25. The van der Waals surface area contributed by atoms with Gasteiger partial charge in [-0.15, -0.1) is 5.10 Å². The van der Waals surface area contributed by atoms with Crippen LogP contribution in [-0.2, 0) is 29.7 Å². The van der Waals surface area contributed by atoms with Crippen molar-refractivity contribution < 1.29 is 24.2 Å². The molecule has 0 saturated heterocycles. The number of aliphatic carboxylic acids is 1. The van der Waals surface area contributed by atoms with E-state index in [1.807, 2.05) is 30.3 Å². The van der Waals surface area contributed by atoms with Gasteiger partial charge in [0.05, 0.1) is 12.1 Å². The van der Waals surface area contributed by atoms with Crippen LogP contribution in [0.4, 0.5) is 4.79 Å². The van der Waals surface area contributed by atoms with E-state index in [0.29, 0.717) is 48.0 Å². The molecule has 1 N–H and O–H groups in total. The highest BCUT2D eigenvalue weighted by Crippen LogP contribution is 2.29. The van der Waals surface area contributed by atoms with Crippen LogP contribution in [0.25, 0.3) is 11.4 Å². The average Bonchev–Trinajstić information content (AvgIpc) is 3.24. The van der Waals surface area contributed by atoms with Crippen molar-refractivity contribution in [3.63, 3.8) is 0 Å².